The highest BCUT2D eigenvalue weighted by Crippen LogP contribution is 2.16. The molecule has 1 unspecified atom stereocenters. The number of rotatable bonds is 7. The second kappa shape index (κ2) is 6.68. The van der Waals surface area contributed by atoms with Gasteiger partial charge in [-0.2, -0.15) is 5.10 Å². The van der Waals surface area contributed by atoms with Crippen molar-refractivity contribution in [2.45, 2.75) is 31.2 Å². The fraction of sp³-hybridized carbons (Fsp3) is 0.385. The van der Waals surface area contributed by atoms with Crippen molar-refractivity contribution < 1.29 is 8.42 Å². The van der Waals surface area contributed by atoms with Crippen molar-refractivity contribution in [1.29, 1.82) is 0 Å². The number of aromatic nitrogens is 3. The molecule has 21 heavy (non-hydrogen) atoms. The predicted molar refractivity (Wildman–Crippen MR) is 80.3 cm³/mol. The largest absolute Gasteiger partial charge is 0.385 e. The van der Waals surface area contributed by atoms with Crippen LogP contribution in [0.4, 0.5) is 5.69 Å². The Morgan fingerprint density at radius 1 is 1.29 bits per heavy atom. The molecule has 0 saturated heterocycles. The van der Waals surface area contributed by atoms with E-state index in [0.29, 0.717) is 5.82 Å². The Labute approximate surface area is 124 Å². The van der Waals surface area contributed by atoms with E-state index in [1.807, 2.05) is 0 Å². The first kappa shape index (κ1) is 15.5. The Morgan fingerprint density at radius 3 is 2.57 bits per heavy atom. The van der Waals surface area contributed by atoms with E-state index >= 15 is 0 Å². The summed E-state index contributed by atoms with van der Waals surface area (Å²) >= 11 is 0. The van der Waals surface area contributed by atoms with Crippen LogP contribution in [0.3, 0.4) is 0 Å². The summed E-state index contributed by atoms with van der Waals surface area (Å²) in [7, 11) is -3.59. The Morgan fingerprint density at radius 2 is 2.00 bits per heavy atom. The molecule has 7 nitrogen and oxygen atoms in total. The molecule has 0 amide bonds. The van der Waals surface area contributed by atoms with Gasteiger partial charge in [0.15, 0.2) is 0 Å². The van der Waals surface area contributed by atoms with Crippen molar-refractivity contribution in [1.82, 2.24) is 19.9 Å². The molecule has 0 spiro atoms. The fourth-order valence-corrected chi connectivity index (χ4v) is 3.01. The zero-order chi connectivity index (χ0) is 15.3. The quantitative estimate of drug-likeness (QED) is 0.722. The smallest absolute Gasteiger partial charge is 0.241 e. The summed E-state index contributed by atoms with van der Waals surface area (Å²) in [4.78, 5) is 4.16. The van der Waals surface area contributed by atoms with Gasteiger partial charge in [-0.1, -0.05) is 6.92 Å². The zero-order valence-corrected chi connectivity index (χ0v) is 12.8. The van der Waals surface area contributed by atoms with Crippen LogP contribution < -0.4 is 10.0 Å². The SMILES string of the molecule is CCCNc1ccc(S(=O)(=O)NC(C)c2ncn[nH]2)cc1. The van der Waals surface area contributed by atoms with Gasteiger partial charge in [0.2, 0.25) is 10.0 Å². The first-order chi connectivity index (χ1) is 10.0. The van der Waals surface area contributed by atoms with E-state index in [2.05, 4.69) is 32.1 Å². The highest BCUT2D eigenvalue weighted by molar-refractivity contribution is 7.89. The standard InChI is InChI=1S/C13H19N5O2S/c1-3-8-14-11-4-6-12(7-5-11)21(19,20)18-10(2)13-15-9-16-17-13/h4-7,9-10,14,18H,3,8H2,1-2H3,(H,15,16,17). The molecule has 0 bridgehead atoms. The molecule has 1 atom stereocenters. The number of aromatic amines is 1. The van der Waals surface area contributed by atoms with E-state index in [9.17, 15) is 8.42 Å². The van der Waals surface area contributed by atoms with Gasteiger partial charge in [-0.25, -0.2) is 18.1 Å². The summed E-state index contributed by atoms with van der Waals surface area (Å²) in [5.41, 5.74) is 0.902. The van der Waals surface area contributed by atoms with Gasteiger partial charge >= 0.3 is 0 Å². The average molecular weight is 309 g/mol. The molecule has 2 rings (SSSR count). The Hall–Kier alpha value is -1.93. The van der Waals surface area contributed by atoms with Gasteiger partial charge < -0.3 is 5.32 Å². The summed E-state index contributed by atoms with van der Waals surface area (Å²) in [5.74, 6) is 0.472. The van der Waals surface area contributed by atoms with Crippen LogP contribution in [0.25, 0.3) is 0 Å². The molecule has 0 fully saturated rings. The molecule has 114 valence electrons. The first-order valence-corrected chi connectivity index (χ1v) is 8.23. The third-order valence-electron chi connectivity index (χ3n) is 2.92. The summed E-state index contributed by atoms with van der Waals surface area (Å²) in [6, 6.07) is 6.18. The summed E-state index contributed by atoms with van der Waals surface area (Å²) in [5, 5.41) is 9.55. The minimum Gasteiger partial charge on any atom is -0.385 e. The third-order valence-corrected chi connectivity index (χ3v) is 4.48. The minimum atomic E-state index is -3.59. The molecule has 3 N–H and O–H groups in total. The van der Waals surface area contributed by atoms with Crippen molar-refractivity contribution in [3.8, 4) is 0 Å². The molecule has 2 aromatic rings. The van der Waals surface area contributed by atoms with Gasteiger partial charge in [0, 0.05) is 12.2 Å². The highest BCUT2D eigenvalue weighted by Gasteiger charge is 2.19. The van der Waals surface area contributed by atoms with Gasteiger partial charge in [-0.3, -0.25) is 5.10 Å². The van der Waals surface area contributed by atoms with Crippen LogP contribution in [0.15, 0.2) is 35.5 Å². The van der Waals surface area contributed by atoms with Crippen molar-refractivity contribution in [2.24, 2.45) is 0 Å². The summed E-state index contributed by atoms with van der Waals surface area (Å²) in [6.45, 7) is 4.63. The molecule has 0 radical (unpaired) electrons. The highest BCUT2D eigenvalue weighted by atomic mass is 32.2. The van der Waals surface area contributed by atoms with E-state index in [1.165, 1.54) is 6.33 Å². The van der Waals surface area contributed by atoms with Crippen LogP contribution >= 0.6 is 0 Å². The average Bonchev–Trinajstić information content (AvgIpc) is 2.99. The zero-order valence-electron chi connectivity index (χ0n) is 12.0. The monoisotopic (exact) mass is 309 g/mol. The Balaban J connectivity index is 2.08. The molecule has 0 saturated carbocycles. The second-order valence-corrected chi connectivity index (χ2v) is 6.38. The molecular formula is C13H19N5O2S. The number of hydrogen-bond donors (Lipinski definition) is 3. The minimum absolute atomic E-state index is 0.218. The lowest BCUT2D eigenvalue weighted by Gasteiger charge is -2.12. The van der Waals surface area contributed by atoms with E-state index in [4.69, 9.17) is 0 Å². The van der Waals surface area contributed by atoms with E-state index in [0.717, 1.165) is 18.7 Å². The van der Waals surface area contributed by atoms with Crippen LogP contribution in [0.1, 0.15) is 32.1 Å². The number of nitrogens with one attached hydrogen (secondary N) is 3. The Bertz CT molecular complexity index is 652. The molecule has 0 aliphatic rings. The van der Waals surface area contributed by atoms with Crippen molar-refractivity contribution in [3.63, 3.8) is 0 Å². The maximum Gasteiger partial charge on any atom is 0.241 e. The molecule has 1 aromatic heterocycles. The van der Waals surface area contributed by atoms with Gasteiger partial charge in [0.25, 0.3) is 0 Å². The van der Waals surface area contributed by atoms with Crippen molar-refractivity contribution in [3.05, 3.63) is 36.4 Å². The van der Waals surface area contributed by atoms with Crippen LogP contribution in [0, 0.1) is 0 Å². The van der Waals surface area contributed by atoms with Gasteiger partial charge in [-0.15, -0.1) is 0 Å². The van der Waals surface area contributed by atoms with Crippen LogP contribution in [-0.4, -0.2) is 30.1 Å². The van der Waals surface area contributed by atoms with E-state index in [1.54, 1.807) is 31.2 Å². The van der Waals surface area contributed by atoms with Gasteiger partial charge in [-0.05, 0) is 37.6 Å². The number of hydrogen-bond acceptors (Lipinski definition) is 5. The lowest BCUT2D eigenvalue weighted by molar-refractivity contribution is 0.560. The first-order valence-electron chi connectivity index (χ1n) is 6.74. The Kier molecular flexibility index (Phi) is 4.92. The number of nitrogens with zero attached hydrogens (tertiary/aromatic N) is 2. The van der Waals surface area contributed by atoms with E-state index < -0.39 is 16.1 Å². The molecule has 1 aromatic carbocycles. The second-order valence-electron chi connectivity index (χ2n) is 4.66. The molecule has 0 aliphatic heterocycles. The lowest BCUT2D eigenvalue weighted by Crippen LogP contribution is -2.27. The maximum absolute atomic E-state index is 12.3. The topological polar surface area (TPSA) is 99.8 Å². The normalized spacial score (nSPS) is 13.0. The fourth-order valence-electron chi connectivity index (χ4n) is 1.80. The summed E-state index contributed by atoms with van der Waals surface area (Å²) < 4.78 is 27.1. The molecule has 1 heterocycles. The maximum atomic E-state index is 12.3. The van der Waals surface area contributed by atoms with Gasteiger partial charge in [0.1, 0.15) is 12.2 Å². The number of sulfonamides is 1. The molecule has 0 aliphatic carbocycles. The predicted octanol–water partition coefficient (Wildman–Crippen LogP) is 1.67. The number of H-pyrrole nitrogens is 1. The van der Waals surface area contributed by atoms with Crippen molar-refractivity contribution in [2.75, 3.05) is 11.9 Å². The van der Waals surface area contributed by atoms with Crippen LogP contribution in [0.5, 0.6) is 0 Å². The number of benzene rings is 1. The van der Waals surface area contributed by atoms with Crippen LogP contribution in [-0.2, 0) is 10.0 Å². The number of anilines is 1. The van der Waals surface area contributed by atoms with Crippen molar-refractivity contribution >= 4 is 15.7 Å². The molecular weight excluding hydrogens is 290 g/mol. The van der Waals surface area contributed by atoms with E-state index in [-0.39, 0.29) is 4.90 Å². The lowest BCUT2D eigenvalue weighted by atomic mass is 10.3. The van der Waals surface area contributed by atoms with Crippen LogP contribution in [0.2, 0.25) is 0 Å². The summed E-state index contributed by atoms with van der Waals surface area (Å²) in [6.07, 6.45) is 2.35. The van der Waals surface area contributed by atoms with Gasteiger partial charge in [0.05, 0.1) is 10.9 Å². The molecule has 8 heteroatoms. The third kappa shape index (κ3) is 4.02.